The summed E-state index contributed by atoms with van der Waals surface area (Å²) in [6.45, 7) is 0.00786. The molecule has 0 spiro atoms. The Morgan fingerprint density at radius 1 is 1.44 bits per heavy atom. The van der Waals surface area contributed by atoms with Crippen molar-refractivity contribution >= 4 is 73.3 Å². The Balaban J connectivity index is 1.70. The SMILES string of the molecule is NCCS(=O)(=O)C/C=C\SC1=C(C(=O)O)N2C(=O)C(NC(=O)/C(=N\O)c3csc(N)n3)[C@H]2SC1. The fraction of sp³-hybridized carbons (Fsp3) is 0.353. The Morgan fingerprint density at radius 2 is 2.18 bits per heavy atom. The molecular formula is C17H20N6O7S4. The molecule has 1 aromatic rings. The number of thiazole rings is 1. The molecule has 34 heavy (non-hydrogen) atoms. The lowest BCUT2D eigenvalue weighted by molar-refractivity contribution is -0.150. The third-order valence-corrected chi connectivity index (χ3v) is 9.23. The number of hydrogen-bond donors (Lipinski definition) is 5. The molecule has 13 nitrogen and oxygen atoms in total. The molecule has 1 unspecified atom stereocenters. The van der Waals surface area contributed by atoms with Crippen LogP contribution in [-0.2, 0) is 24.2 Å². The number of nitrogens with one attached hydrogen (secondary N) is 1. The summed E-state index contributed by atoms with van der Waals surface area (Å²) in [7, 11) is -3.33. The highest BCUT2D eigenvalue weighted by molar-refractivity contribution is 8.08. The smallest absolute Gasteiger partial charge is 0.353 e. The summed E-state index contributed by atoms with van der Waals surface area (Å²) >= 11 is 3.27. The van der Waals surface area contributed by atoms with Crippen LogP contribution in [0.5, 0.6) is 0 Å². The van der Waals surface area contributed by atoms with Gasteiger partial charge in [-0.2, -0.15) is 0 Å². The number of oxime groups is 1. The average Bonchev–Trinajstić information content (AvgIpc) is 3.20. The number of aromatic nitrogens is 1. The fourth-order valence-electron chi connectivity index (χ4n) is 3.08. The number of nitrogens with two attached hydrogens (primary N) is 2. The van der Waals surface area contributed by atoms with E-state index in [1.807, 2.05) is 0 Å². The number of carboxylic acids is 1. The summed E-state index contributed by atoms with van der Waals surface area (Å²) in [6, 6.07) is -1.04. The Kier molecular flexibility index (Phi) is 8.24. The number of aliphatic carboxylic acids is 1. The topological polar surface area (TPSA) is 218 Å². The summed E-state index contributed by atoms with van der Waals surface area (Å²) < 4.78 is 23.4. The van der Waals surface area contributed by atoms with Gasteiger partial charge in [-0.05, 0) is 5.41 Å². The molecule has 2 aliphatic rings. The van der Waals surface area contributed by atoms with Crippen LogP contribution in [0.2, 0.25) is 0 Å². The number of anilines is 1. The Bertz CT molecular complexity index is 1190. The summed E-state index contributed by atoms with van der Waals surface area (Å²) in [5.41, 5.74) is 10.2. The van der Waals surface area contributed by atoms with Crippen LogP contribution in [-0.4, -0.2) is 87.3 Å². The standard InChI is InChI=1S/C17H20N6O7S4/c18-2-5-34(29,30)4-1-3-31-9-7-32-15-11(14(25)23(15)12(9)16(26)27)21-13(24)10(22-28)8-6-33-17(19)20-8/h1,3,6,11,15,28H,2,4-5,7,18H2,(H2,19,20)(H,21,24)(H,26,27)/b3-1-,22-10-/t11?,15-/m1/s1. The number of nitrogens with zero attached hydrogens (tertiary/aromatic N) is 3. The van der Waals surface area contributed by atoms with E-state index in [0.717, 1.165) is 28.0 Å². The normalized spacial score (nSPS) is 20.9. The second-order valence-corrected chi connectivity index (χ2v) is 12.1. The van der Waals surface area contributed by atoms with Crippen molar-refractivity contribution in [1.29, 1.82) is 0 Å². The van der Waals surface area contributed by atoms with Gasteiger partial charge in [0.2, 0.25) is 0 Å². The van der Waals surface area contributed by atoms with E-state index < -0.39 is 44.7 Å². The summed E-state index contributed by atoms with van der Waals surface area (Å²) in [4.78, 5) is 42.4. The maximum absolute atomic E-state index is 12.7. The lowest BCUT2D eigenvalue weighted by atomic mass is 10.0. The first kappa shape index (κ1) is 26.0. The number of amides is 2. The van der Waals surface area contributed by atoms with Crippen LogP contribution in [0.25, 0.3) is 0 Å². The molecule has 0 aromatic carbocycles. The molecule has 184 valence electrons. The zero-order valence-electron chi connectivity index (χ0n) is 17.3. The number of β-lactam (4-membered cyclic amide) rings is 1. The number of carbonyl (C=O) groups excluding carboxylic acids is 2. The largest absolute Gasteiger partial charge is 0.477 e. The molecule has 0 bridgehead atoms. The van der Waals surface area contributed by atoms with Crippen LogP contribution in [0.1, 0.15) is 5.69 Å². The number of rotatable bonds is 10. The lowest BCUT2D eigenvalue weighted by Crippen LogP contribution is -2.71. The number of thioether (sulfide) groups is 2. The van der Waals surface area contributed by atoms with Gasteiger partial charge in [0.15, 0.2) is 20.7 Å². The lowest BCUT2D eigenvalue weighted by Gasteiger charge is -2.49. The van der Waals surface area contributed by atoms with Crippen LogP contribution in [0, 0.1) is 0 Å². The molecule has 3 heterocycles. The molecule has 0 aliphatic carbocycles. The number of carbonyl (C=O) groups is 3. The molecule has 3 rings (SSSR count). The third kappa shape index (κ3) is 5.54. The van der Waals surface area contributed by atoms with Gasteiger partial charge in [0.05, 0.1) is 11.5 Å². The van der Waals surface area contributed by atoms with Crippen LogP contribution >= 0.6 is 34.9 Å². The molecule has 2 atom stereocenters. The monoisotopic (exact) mass is 548 g/mol. The zero-order valence-corrected chi connectivity index (χ0v) is 20.5. The number of sulfone groups is 1. The second kappa shape index (κ2) is 10.8. The first-order valence-electron chi connectivity index (χ1n) is 9.47. The van der Waals surface area contributed by atoms with E-state index in [1.54, 1.807) is 0 Å². The van der Waals surface area contributed by atoms with E-state index in [-0.39, 0.29) is 40.3 Å². The number of fused-ring (bicyclic) bond motifs is 1. The van der Waals surface area contributed by atoms with Gasteiger partial charge >= 0.3 is 5.97 Å². The van der Waals surface area contributed by atoms with E-state index in [9.17, 15) is 33.1 Å². The highest BCUT2D eigenvalue weighted by Gasteiger charge is 2.54. The van der Waals surface area contributed by atoms with Gasteiger partial charge in [-0.15, -0.1) is 23.1 Å². The molecule has 1 aromatic heterocycles. The molecule has 1 saturated heterocycles. The van der Waals surface area contributed by atoms with E-state index >= 15 is 0 Å². The minimum absolute atomic E-state index is 0.00786. The quantitative estimate of drug-likeness (QED) is 0.105. The van der Waals surface area contributed by atoms with E-state index in [1.165, 1.54) is 28.6 Å². The fourth-order valence-corrected chi connectivity index (χ4v) is 6.99. The summed E-state index contributed by atoms with van der Waals surface area (Å²) in [5.74, 6) is -3.02. The van der Waals surface area contributed by atoms with E-state index in [0.29, 0.717) is 4.91 Å². The van der Waals surface area contributed by atoms with Gasteiger partial charge in [0.1, 0.15) is 22.8 Å². The van der Waals surface area contributed by atoms with Gasteiger partial charge < -0.3 is 27.1 Å². The molecule has 1 fully saturated rings. The predicted molar refractivity (Wildman–Crippen MR) is 129 cm³/mol. The average molecular weight is 549 g/mol. The van der Waals surface area contributed by atoms with Crippen LogP contribution < -0.4 is 16.8 Å². The minimum Gasteiger partial charge on any atom is -0.477 e. The number of nitrogen functional groups attached to an aromatic ring is 1. The molecule has 7 N–H and O–H groups in total. The third-order valence-electron chi connectivity index (χ3n) is 4.59. The van der Waals surface area contributed by atoms with Crippen molar-refractivity contribution in [2.45, 2.75) is 11.4 Å². The number of hydrogen-bond acceptors (Lipinski definition) is 13. The molecule has 2 aliphatic heterocycles. The molecular weight excluding hydrogens is 528 g/mol. The summed E-state index contributed by atoms with van der Waals surface area (Å²) in [5, 5.41) is 26.6. The summed E-state index contributed by atoms with van der Waals surface area (Å²) in [6.07, 6.45) is 1.39. The zero-order chi connectivity index (χ0) is 25.0. The highest BCUT2D eigenvalue weighted by atomic mass is 32.2. The van der Waals surface area contributed by atoms with Crippen LogP contribution in [0.4, 0.5) is 5.13 Å². The van der Waals surface area contributed by atoms with Crippen molar-refractivity contribution in [2.75, 3.05) is 29.5 Å². The van der Waals surface area contributed by atoms with Crippen molar-refractivity contribution in [3.8, 4) is 0 Å². The molecule has 17 heteroatoms. The highest BCUT2D eigenvalue weighted by Crippen LogP contribution is 2.43. The van der Waals surface area contributed by atoms with Crippen molar-refractivity contribution < 1.29 is 33.1 Å². The van der Waals surface area contributed by atoms with Gasteiger partial charge in [0, 0.05) is 22.6 Å². The van der Waals surface area contributed by atoms with Crippen LogP contribution in [0.3, 0.4) is 0 Å². The van der Waals surface area contributed by atoms with Gasteiger partial charge in [0.25, 0.3) is 11.8 Å². The van der Waals surface area contributed by atoms with Crippen molar-refractivity contribution in [1.82, 2.24) is 15.2 Å². The van der Waals surface area contributed by atoms with Gasteiger partial charge in [-0.1, -0.05) is 23.0 Å². The van der Waals surface area contributed by atoms with E-state index in [4.69, 9.17) is 11.5 Å². The maximum atomic E-state index is 12.7. The van der Waals surface area contributed by atoms with Crippen LogP contribution in [0.15, 0.2) is 32.6 Å². The molecule has 2 amide bonds. The van der Waals surface area contributed by atoms with Crippen molar-refractivity contribution in [2.24, 2.45) is 10.9 Å². The van der Waals surface area contributed by atoms with Crippen molar-refractivity contribution in [3.63, 3.8) is 0 Å². The van der Waals surface area contributed by atoms with Gasteiger partial charge in [-0.3, -0.25) is 14.5 Å². The van der Waals surface area contributed by atoms with E-state index in [2.05, 4.69) is 15.5 Å². The first-order valence-corrected chi connectivity index (χ1v) is 14.1. The molecule has 0 saturated carbocycles. The Hall–Kier alpha value is -2.60. The van der Waals surface area contributed by atoms with Crippen molar-refractivity contribution in [3.05, 3.63) is 33.2 Å². The first-order chi connectivity index (χ1) is 16.1. The number of carboxylic acid groups (broad SMARTS) is 1. The maximum Gasteiger partial charge on any atom is 0.353 e. The second-order valence-electron chi connectivity index (χ2n) is 6.85. The Morgan fingerprint density at radius 3 is 2.76 bits per heavy atom. The molecule has 0 radical (unpaired) electrons. The predicted octanol–water partition coefficient (Wildman–Crippen LogP) is -0.780. The Labute approximate surface area is 206 Å². The van der Waals surface area contributed by atoms with Gasteiger partial charge in [-0.25, -0.2) is 18.2 Å². The minimum atomic E-state index is -3.33.